The summed E-state index contributed by atoms with van der Waals surface area (Å²) < 4.78 is 23.0. The summed E-state index contributed by atoms with van der Waals surface area (Å²) in [5.74, 6) is 0. The first-order valence-corrected chi connectivity index (χ1v) is 2.78. The molecule has 0 aliphatic carbocycles. The van der Waals surface area contributed by atoms with Crippen molar-refractivity contribution in [1.82, 2.24) is 4.98 Å². The molecule has 0 aliphatic heterocycles. The van der Waals surface area contributed by atoms with Crippen LogP contribution < -0.4 is 0 Å². The summed E-state index contributed by atoms with van der Waals surface area (Å²) in [5, 5.41) is 1.28. The Hall–Kier alpha value is -0.510. The lowest BCUT2D eigenvalue weighted by Crippen LogP contribution is -1.79. The van der Waals surface area contributed by atoms with Crippen LogP contribution in [0.2, 0.25) is 0 Å². The Labute approximate surface area is 49.0 Å². The molecular formula is C4H2F2NS. The van der Waals surface area contributed by atoms with Crippen molar-refractivity contribution in [1.29, 1.82) is 0 Å². The van der Waals surface area contributed by atoms with Crippen molar-refractivity contribution < 1.29 is 8.78 Å². The van der Waals surface area contributed by atoms with Crippen molar-refractivity contribution in [2.75, 3.05) is 0 Å². The molecule has 8 heavy (non-hydrogen) atoms. The number of aromatic nitrogens is 1. The Morgan fingerprint density at radius 3 is 2.75 bits per heavy atom. The van der Waals surface area contributed by atoms with Gasteiger partial charge in [0, 0.05) is 5.38 Å². The average Bonchev–Trinajstić information content (AvgIpc) is 2.12. The Morgan fingerprint density at radius 1 is 1.75 bits per heavy atom. The molecule has 1 aromatic rings. The fraction of sp³-hybridized carbons (Fsp3) is 0.250. The van der Waals surface area contributed by atoms with E-state index in [1.807, 2.05) is 0 Å². The first-order chi connectivity index (χ1) is 3.80. The van der Waals surface area contributed by atoms with E-state index in [1.165, 1.54) is 5.38 Å². The maximum absolute atomic E-state index is 11.5. The van der Waals surface area contributed by atoms with E-state index in [0.717, 1.165) is 11.3 Å². The summed E-state index contributed by atoms with van der Waals surface area (Å²) in [6.45, 7) is 0. The van der Waals surface area contributed by atoms with Gasteiger partial charge < -0.3 is 0 Å². The molecular weight excluding hydrogens is 132 g/mol. The fourth-order valence-electron chi connectivity index (χ4n) is 0.292. The van der Waals surface area contributed by atoms with Gasteiger partial charge >= 0.3 is 0 Å². The number of alkyl halides is 2. The summed E-state index contributed by atoms with van der Waals surface area (Å²) in [4.78, 5) is 3.26. The lowest BCUT2D eigenvalue weighted by atomic mass is 10.5. The van der Waals surface area contributed by atoms with Crippen LogP contribution in [0.25, 0.3) is 0 Å². The zero-order valence-electron chi connectivity index (χ0n) is 3.77. The van der Waals surface area contributed by atoms with Gasteiger partial charge in [0.15, 0.2) is 5.51 Å². The molecule has 0 spiro atoms. The van der Waals surface area contributed by atoms with Crippen LogP contribution in [0.4, 0.5) is 8.78 Å². The van der Waals surface area contributed by atoms with Gasteiger partial charge in [0.05, 0.1) is 0 Å². The molecule has 0 saturated carbocycles. The van der Waals surface area contributed by atoms with Crippen molar-refractivity contribution >= 4 is 11.3 Å². The topological polar surface area (TPSA) is 12.9 Å². The molecule has 0 bridgehead atoms. The van der Waals surface area contributed by atoms with E-state index < -0.39 is 6.43 Å². The Morgan fingerprint density at radius 2 is 2.50 bits per heavy atom. The van der Waals surface area contributed by atoms with Crippen LogP contribution in [0.1, 0.15) is 12.1 Å². The molecule has 0 unspecified atom stereocenters. The molecule has 0 amide bonds. The SMILES string of the molecule is FC(F)c1cs[c]n1. The standard InChI is InChI=1S/C4H2F2NS/c5-4(6)3-1-8-2-7-3/h1,4H. The van der Waals surface area contributed by atoms with E-state index in [-0.39, 0.29) is 5.69 Å². The van der Waals surface area contributed by atoms with Gasteiger partial charge in [-0.3, -0.25) is 0 Å². The fourth-order valence-corrected chi connectivity index (χ4v) is 0.780. The highest BCUT2D eigenvalue weighted by Gasteiger charge is 2.06. The predicted molar refractivity (Wildman–Crippen MR) is 25.9 cm³/mol. The number of thiazole rings is 1. The Bertz CT molecular complexity index is 149. The highest BCUT2D eigenvalue weighted by molar-refractivity contribution is 7.07. The van der Waals surface area contributed by atoms with Gasteiger partial charge in [-0.25, -0.2) is 13.8 Å². The number of halogens is 2. The number of hydrogen-bond donors (Lipinski definition) is 0. The van der Waals surface area contributed by atoms with Crippen LogP contribution in [0.3, 0.4) is 0 Å². The van der Waals surface area contributed by atoms with Crippen molar-refractivity contribution in [2.24, 2.45) is 0 Å². The molecule has 0 aromatic carbocycles. The van der Waals surface area contributed by atoms with Gasteiger partial charge in [-0.15, -0.1) is 11.3 Å². The van der Waals surface area contributed by atoms with Gasteiger partial charge in [-0.1, -0.05) is 0 Å². The van der Waals surface area contributed by atoms with E-state index in [4.69, 9.17) is 0 Å². The molecule has 0 fully saturated rings. The second-order valence-electron chi connectivity index (χ2n) is 1.16. The van der Waals surface area contributed by atoms with Crippen molar-refractivity contribution in [3.63, 3.8) is 0 Å². The van der Waals surface area contributed by atoms with Crippen LogP contribution in [0, 0.1) is 5.51 Å². The van der Waals surface area contributed by atoms with Crippen LogP contribution in [-0.4, -0.2) is 4.98 Å². The van der Waals surface area contributed by atoms with Crippen molar-refractivity contribution in [2.45, 2.75) is 6.43 Å². The van der Waals surface area contributed by atoms with Crippen LogP contribution in [-0.2, 0) is 0 Å². The van der Waals surface area contributed by atoms with Crippen molar-refractivity contribution in [3.8, 4) is 0 Å². The molecule has 0 saturated heterocycles. The van der Waals surface area contributed by atoms with Gasteiger partial charge in [-0.05, 0) is 0 Å². The van der Waals surface area contributed by atoms with E-state index in [1.54, 1.807) is 0 Å². The van der Waals surface area contributed by atoms with E-state index in [0.29, 0.717) is 0 Å². The van der Waals surface area contributed by atoms with Crippen LogP contribution >= 0.6 is 11.3 Å². The third-order valence-corrected chi connectivity index (χ3v) is 1.19. The molecule has 0 aliphatic rings. The molecule has 1 nitrogen and oxygen atoms in total. The predicted octanol–water partition coefficient (Wildman–Crippen LogP) is 1.88. The van der Waals surface area contributed by atoms with E-state index in [2.05, 4.69) is 10.5 Å². The van der Waals surface area contributed by atoms with Gasteiger partial charge in [0.25, 0.3) is 6.43 Å². The summed E-state index contributed by atoms with van der Waals surface area (Å²) in [6.07, 6.45) is -2.45. The molecule has 4 heteroatoms. The number of rotatable bonds is 1. The minimum absolute atomic E-state index is 0.185. The minimum atomic E-state index is -2.45. The molecule has 1 radical (unpaired) electrons. The lowest BCUT2D eigenvalue weighted by Gasteiger charge is -1.85. The molecule has 1 rings (SSSR count). The highest BCUT2D eigenvalue weighted by Crippen LogP contribution is 2.16. The molecule has 0 N–H and O–H groups in total. The highest BCUT2D eigenvalue weighted by atomic mass is 32.1. The maximum Gasteiger partial charge on any atom is 0.281 e. The molecule has 1 aromatic heterocycles. The van der Waals surface area contributed by atoms with Crippen molar-refractivity contribution in [3.05, 3.63) is 16.6 Å². The number of hydrogen-bond acceptors (Lipinski definition) is 2. The quantitative estimate of drug-likeness (QED) is 0.571. The summed E-state index contributed by atoms with van der Waals surface area (Å²) >= 11 is 1.05. The first-order valence-electron chi connectivity index (χ1n) is 1.90. The maximum atomic E-state index is 11.5. The summed E-state index contributed by atoms with van der Waals surface area (Å²) in [5.41, 5.74) is 2.14. The lowest BCUT2D eigenvalue weighted by molar-refractivity contribution is 0.147. The number of nitrogens with zero attached hydrogens (tertiary/aromatic N) is 1. The zero-order chi connectivity index (χ0) is 5.98. The first kappa shape index (κ1) is 5.62. The molecule has 0 atom stereocenters. The van der Waals surface area contributed by atoms with Crippen LogP contribution in [0.5, 0.6) is 0 Å². The Balaban J connectivity index is 2.77. The van der Waals surface area contributed by atoms with Crippen LogP contribution in [0.15, 0.2) is 5.38 Å². The van der Waals surface area contributed by atoms with Gasteiger partial charge in [-0.2, -0.15) is 0 Å². The van der Waals surface area contributed by atoms with E-state index >= 15 is 0 Å². The summed E-state index contributed by atoms with van der Waals surface area (Å²) in [6, 6.07) is 0. The third kappa shape index (κ3) is 1.01. The largest absolute Gasteiger partial charge is 0.281 e. The van der Waals surface area contributed by atoms with Gasteiger partial charge in [0.2, 0.25) is 0 Å². The average molecular weight is 134 g/mol. The zero-order valence-corrected chi connectivity index (χ0v) is 4.58. The normalized spacial score (nSPS) is 10.4. The molecule has 1 heterocycles. The second-order valence-corrected chi connectivity index (χ2v) is 1.82. The monoisotopic (exact) mass is 134 g/mol. The molecule has 43 valence electrons. The van der Waals surface area contributed by atoms with E-state index in [9.17, 15) is 8.78 Å². The summed E-state index contributed by atoms with van der Waals surface area (Å²) in [7, 11) is 0. The Kier molecular flexibility index (Phi) is 1.53. The third-order valence-electron chi connectivity index (χ3n) is 0.631. The van der Waals surface area contributed by atoms with Gasteiger partial charge in [0.1, 0.15) is 5.69 Å². The minimum Gasteiger partial charge on any atom is -0.233 e. The smallest absolute Gasteiger partial charge is 0.233 e. The second kappa shape index (κ2) is 2.17.